The molecule has 0 saturated heterocycles. The Hall–Kier alpha value is -3.54. The monoisotopic (exact) mass is 404 g/mol. The standard InChI is InChI=1S/C24H21FN2O3/c1-28-22-11-10-15(13-23(22)29-2)19-14-20-18-8-3-4-9-21(18)30-24(27(20)26-19)16-6-5-7-17(25)12-16/h3-13,20,24H,14H2,1-2H3/t20-,24-/m1/s1. The fraction of sp³-hybridized carbons (Fsp3) is 0.208. The van der Waals surface area contributed by atoms with E-state index in [4.69, 9.17) is 19.3 Å². The smallest absolute Gasteiger partial charge is 0.213 e. The highest BCUT2D eigenvalue weighted by Gasteiger charge is 2.41. The van der Waals surface area contributed by atoms with Gasteiger partial charge < -0.3 is 14.2 Å². The molecule has 2 atom stereocenters. The minimum atomic E-state index is -0.502. The number of rotatable bonds is 4. The molecule has 0 aromatic heterocycles. The lowest BCUT2D eigenvalue weighted by atomic mass is 9.96. The van der Waals surface area contributed by atoms with Crippen LogP contribution in [-0.4, -0.2) is 24.9 Å². The van der Waals surface area contributed by atoms with Crippen LogP contribution in [-0.2, 0) is 0 Å². The number of hydrazone groups is 1. The summed E-state index contributed by atoms with van der Waals surface area (Å²) in [4.78, 5) is 0. The highest BCUT2D eigenvalue weighted by molar-refractivity contribution is 6.02. The second kappa shape index (κ2) is 7.37. The van der Waals surface area contributed by atoms with Gasteiger partial charge in [-0.25, -0.2) is 9.40 Å². The van der Waals surface area contributed by atoms with Gasteiger partial charge in [0.2, 0.25) is 6.23 Å². The molecule has 0 bridgehead atoms. The van der Waals surface area contributed by atoms with Crippen molar-refractivity contribution in [2.75, 3.05) is 14.2 Å². The van der Waals surface area contributed by atoms with Crippen LogP contribution in [0.15, 0.2) is 71.8 Å². The maximum absolute atomic E-state index is 13.9. The summed E-state index contributed by atoms with van der Waals surface area (Å²) in [6.45, 7) is 0. The number of halogens is 1. The zero-order chi connectivity index (χ0) is 20.7. The summed E-state index contributed by atoms with van der Waals surface area (Å²) in [5.41, 5.74) is 3.68. The van der Waals surface area contributed by atoms with Gasteiger partial charge in [0.05, 0.1) is 26.0 Å². The molecule has 0 N–H and O–H groups in total. The van der Waals surface area contributed by atoms with E-state index in [1.165, 1.54) is 12.1 Å². The third-order valence-corrected chi connectivity index (χ3v) is 5.55. The average Bonchev–Trinajstić information content (AvgIpc) is 3.24. The third-order valence-electron chi connectivity index (χ3n) is 5.55. The SMILES string of the molecule is COc1ccc(C2=NN3[C@H](C2)c2ccccc2O[C@@H]3c2cccc(F)c2)cc1OC. The van der Waals surface area contributed by atoms with Gasteiger partial charge in [0.25, 0.3) is 0 Å². The number of hydrogen-bond acceptors (Lipinski definition) is 5. The van der Waals surface area contributed by atoms with Crippen molar-refractivity contribution in [1.29, 1.82) is 0 Å². The van der Waals surface area contributed by atoms with Crippen molar-refractivity contribution in [3.05, 3.63) is 89.2 Å². The molecule has 152 valence electrons. The van der Waals surface area contributed by atoms with Crippen LogP contribution >= 0.6 is 0 Å². The van der Waals surface area contributed by atoms with Crippen LogP contribution in [0.2, 0.25) is 0 Å². The van der Waals surface area contributed by atoms with Crippen molar-refractivity contribution in [1.82, 2.24) is 5.01 Å². The van der Waals surface area contributed by atoms with Gasteiger partial charge in [0.15, 0.2) is 11.5 Å². The molecule has 2 aliphatic heterocycles. The molecule has 2 aliphatic rings. The van der Waals surface area contributed by atoms with E-state index in [0.717, 1.165) is 28.2 Å². The summed E-state index contributed by atoms with van der Waals surface area (Å²) >= 11 is 0. The molecular formula is C24H21FN2O3. The Kier molecular flexibility index (Phi) is 4.54. The number of benzene rings is 3. The zero-order valence-corrected chi connectivity index (χ0v) is 16.7. The molecular weight excluding hydrogens is 383 g/mol. The molecule has 0 fully saturated rings. The van der Waals surface area contributed by atoms with Crippen molar-refractivity contribution in [2.24, 2.45) is 5.10 Å². The third kappa shape index (κ3) is 3.05. The normalized spacial score (nSPS) is 19.4. The average molecular weight is 404 g/mol. The largest absolute Gasteiger partial charge is 0.493 e. The van der Waals surface area contributed by atoms with Gasteiger partial charge >= 0.3 is 0 Å². The minimum absolute atomic E-state index is 0.00585. The molecule has 0 aliphatic carbocycles. The summed E-state index contributed by atoms with van der Waals surface area (Å²) in [7, 11) is 3.23. The molecule has 0 saturated carbocycles. The van der Waals surface area contributed by atoms with Gasteiger partial charge in [-0.05, 0) is 36.4 Å². The van der Waals surface area contributed by atoms with Crippen molar-refractivity contribution >= 4 is 5.71 Å². The van der Waals surface area contributed by atoms with Crippen molar-refractivity contribution in [2.45, 2.75) is 18.7 Å². The zero-order valence-electron chi connectivity index (χ0n) is 16.7. The fourth-order valence-electron chi connectivity index (χ4n) is 4.10. The van der Waals surface area contributed by atoms with Crippen LogP contribution in [0.1, 0.15) is 35.4 Å². The first-order valence-corrected chi connectivity index (χ1v) is 9.77. The van der Waals surface area contributed by atoms with E-state index in [-0.39, 0.29) is 11.9 Å². The second-order valence-corrected chi connectivity index (χ2v) is 7.28. The summed E-state index contributed by atoms with van der Waals surface area (Å²) in [6, 6.07) is 20.2. The number of ether oxygens (including phenoxy) is 3. The molecule has 0 amide bonds. The van der Waals surface area contributed by atoms with Crippen molar-refractivity contribution < 1.29 is 18.6 Å². The highest BCUT2D eigenvalue weighted by atomic mass is 19.1. The number of methoxy groups -OCH3 is 2. The molecule has 30 heavy (non-hydrogen) atoms. The highest BCUT2D eigenvalue weighted by Crippen LogP contribution is 2.47. The van der Waals surface area contributed by atoms with E-state index in [1.54, 1.807) is 20.3 Å². The summed E-state index contributed by atoms with van der Waals surface area (Å²) in [5, 5.41) is 6.84. The van der Waals surface area contributed by atoms with Crippen LogP contribution in [0.25, 0.3) is 0 Å². The first-order chi connectivity index (χ1) is 14.7. The topological polar surface area (TPSA) is 43.3 Å². The first kappa shape index (κ1) is 18.5. The summed E-state index contributed by atoms with van der Waals surface area (Å²) < 4.78 is 31.0. The predicted octanol–water partition coefficient (Wildman–Crippen LogP) is 5.09. The fourth-order valence-corrected chi connectivity index (χ4v) is 4.10. The lowest BCUT2D eigenvalue weighted by molar-refractivity contribution is -0.0192. The van der Waals surface area contributed by atoms with Gasteiger partial charge in [-0.2, -0.15) is 5.10 Å². The lowest BCUT2D eigenvalue weighted by Gasteiger charge is -2.38. The Morgan fingerprint density at radius 1 is 0.967 bits per heavy atom. The van der Waals surface area contributed by atoms with Gasteiger partial charge in [-0.3, -0.25) is 0 Å². The van der Waals surface area contributed by atoms with Crippen LogP contribution in [0, 0.1) is 5.82 Å². The number of nitrogens with zero attached hydrogens (tertiary/aromatic N) is 2. The van der Waals surface area contributed by atoms with Crippen LogP contribution in [0.4, 0.5) is 4.39 Å². The maximum Gasteiger partial charge on any atom is 0.213 e. The Bertz CT molecular complexity index is 1130. The minimum Gasteiger partial charge on any atom is -0.493 e. The number of hydrogen-bond donors (Lipinski definition) is 0. The molecule has 5 rings (SSSR count). The molecule has 0 unspecified atom stereocenters. The molecule has 6 heteroatoms. The Morgan fingerprint density at radius 2 is 1.80 bits per heavy atom. The maximum atomic E-state index is 13.9. The molecule has 5 nitrogen and oxygen atoms in total. The summed E-state index contributed by atoms with van der Waals surface area (Å²) in [6.07, 6.45) is 0.208. The van der Waals surface area contributed by atoms with Gasteiger partial charge in [-0.15, -0.1) is 0 Å². The Labute approximate surface area is 174 Å². The van der Waals surface area contributed by atoms with E-state index >= 15 is 0 Å². The van der Waals surface area contributed by atoms with Crippen LogP contribution < -0.4 is 14.2 Å². The molecule has 2 heterocycles. The van der Waals surface area contributed by atoms with Gasteiger partial charge in [-0.1, -0.05) is 30.3 Å². The number of fused-ring (bicyclic) bond motifs is 3. The van der Waals surface area contributed by atoms with Crippen LogP contribution in [0.3, 0.4) is 0 Å². The van der Waals surface area contributed by atoms with Crippen LogP contribution in [0.5, 0.6) is 17.2 Å². The quantitative estimate of drug-likeness (QED) is 0.608. The Morgan fingerprint density at radius 3 is 2.60 bits per heavy atom. The second-order valence-electron chi connectivity index (χ2n) is 7.28. The van der Waals surface area contributed by atoms with E-state index in [2.05, 4.69) is 6.07 Å². The molecule has 0 radical (unpaired) electrons. The molecule has 3 aromatic rings. The van der Waals surface area contributed by atoms with E-state index in [0.29, 0.717) is 17.9 Å². The number of para-hydroxylation sites is 1. The van der Waals surface area contributed by atoms with Crippen molar-refractivity contribution in [3.63, 3.8) is 0 Å². The Balaban J connectivity index is 1.58. The van der Waals surface area contributed by atoms with E-state index in [1.807, 2.05) is 47.5 Å². The lowest BCUT2D eigenvalue weighted by Crippen LogP contribution is -2.33. The first-order valence-electron chi connectivity index (χ1n) is 9.77. The summed E-state index contributed by atoms with van der Waals surface area (Å²) in [5.74, 6) is 1.83. The predicted molar refractivity (Wildman–Crippen MR) is 111 cm³/mol. The molecule has 3 aromatic carbocycles. The van der Waals surface area contributed by atoms with E-state index in [9.17, 15) is 4.39 Å². The van der Waals surface area contributed by atoms with Crippen molar-refractivity contribution in [3.8, 4) is 17.2 Å². The molecule has 0 spiro atoms. The van der Waals surface area contributed by atoms with Gasteiger partial charge in [0, 0.05) is 23.1 Å². The van der Waals surface area contributed by atoms with Gasteiger partial charge in [0.1, 0.15) is 11.6 Å². The van der Waals surface area contributed by atoms with E-state index < -0.39 is 6.23 Å².